The van der Waals surface area contributed by atoms with Gasteiger partial charge in [-0.3, -0.25) is 4.90 Å². The SMILES string of the molecule is CCc1ccc(CN(C)CC2CCN(CCc3ccc(OC)cc3)CC2)o1. The molecule has 0 saturated carbocycles. The van der Waals surface area contributed by atoms with Crippen molar-refractivity contribution in [1.29, 1.82) is 0 Å². The summed E-state index contributed by atoms with van der Waals surface area (Å²) in [5.41, 5.74) is 1.39. The molecule has 0 radical (unpaired) electrons. The molecule has 0 N–H and O–H groups in total. The standard InChI is InChI=1S/C23H34N2O2/c1-4-21-9-10-23(27-21)18-24(2)17-20-12-15-25(16-13-20)14-11-19-5-7-22(26-3)8-6-19/h5-10,20H,4,11-18H2,1-3H3. The zero-order valence-corrected chi connectivity index (χ0v) is 17.1. The lowest BCUT2D eigenvalue weighted by Gasteiger charge is -2.33. The Bertz CT molecular complexity index is 672. The first-order valence-corrected chi connectivity index (χ1v) is 10.3. The minimum Gasteiger partial charge on any atom is -0.497 e. The molecule has 0 bridgehead atoms. The van der Waals surface area contributed by atoms with Crippen LogP contribution in [0.4, 0.5) is 0 Å². The van der Waals surface area contributed by atoms with Crippen LogP contribution >= 0.6 is 0 Å². The minimum atomic E-state index is 0.799. The van der Waals surface area contributed by atoms with Gasteiger partial charge >= 0.3 is 0 Å². The van der Waals surface area contributed by atoms with E-state index in [0.29, 0.717) is 0 Å². The Labute approximate surface area is 164 Å². The zero-order valence-electron chi connectivity index (χ0n) is 17.1. The van der Waals surface area contributed by atoms with Crippen LogP contribution in [0.15, 0.2) is 40.8 Å². The second kappa shape index (κ2) is 9.95. The molecule has 0 atom stereocenters. The number of benzene rings is 1. The monoisotopic (exact) mass is 370 g/mol. The molecule has 1 aliphatic heterocycles. The number of furan rings is 1. The van der Waals surface area contributed by atoms with E-state index in [1.54, 1.807) is 7.11 Å². The molecule has 1 aliphatic rings. The van der Waals surface area contributed by atoms with E-state index in [2.05, 4.69) is 60.2 Å². The topological polar surface area (TPSA) is 28.9 Å². The number of aryl methyl sites for hydroxylation is 1. The van der Waals surface area contributed by atoms with Crippen molar-refractivity contribution in [1.82, 2.24) is 9.80 Å². The van der Waals surface area contributed by atoms with Crippen LogP contribution in [0.5, 0.6) is 5.75 Å². The summed E-state index contributed by atoms with van der Waals surface area (Å²) in [6.45, 7) is 7.80. The van der Waals surface area contributed by atoms with Crippen molar-refractivity contribution in [2.75, 3.05) is 40.3 Å². The summed E-state index contributed by atoms with van der Waals surface area (Å²) in [6, 6.07) is 12.7. The van der Waals surface area contributed by atoms with Gasteiger partial charge in [-0.2, -0.15) is 0 Å². The van der Waals surface area contributed by atoms with Crippen LogP contribution < -0.4 is 4.74 Å². The van der Waals surface area contributed by atoms with E-state index in [9.17, 15) is 0 Å². The first-order valence-electron chi connectivity index (χ1n) is 10.3. The molecule has 3 rings (SSSR count). The smallest absolute Gasteiger partial charge is 0.118 e. The van der Waals surface area contributed by atoms with Gasteiger partial charge in [0.1, 0.15) is 17.3 Å². The summed E-state index contributed by atoms with van der Waals surface area (Å²) >= 11 is 0. The van der Waals surface area contributed by atoms with Gasteiger partial charge in [-0.05, 0) is 75.1 Å². The van der Waals surface area contributed by atoms with Crippen molar-refractivity contribution in [3.63, 3.8) is 0 Å². The molecular formula is C23H34N2O2. The van der Waals surface area contributed by atoms with Crippen LogP contribution in [0.25, 0.3) is 0 Å². The highest BCUT2D eigenvalue weighted by Crippen LogP contribution is 2.20. The Morgan fingerprint density at radius 1 is 1.07 bits per heavy atom. The van der Waals surface area contributed by atoms with Crippen LogP contribution in [0.1, 0.15) is 36.8 Å². The van der Waals surface area contributed by atoms with Gasteiger partial charge in [0.05, 0.1) is 13.7 Å². The fraction of sp³-hybridized carbons (Fsp3) is 0.565. The molecule has 27 heavy (non-hydrogen) atoms. The lowest BCUT2D eigenvalue weighted by Crippen LogP contribution is -2.38. The molecule has 1 saturated heterocycles. The predicted octanol–water partition coefficient (Wildman–Crippen LogP) is 4.24. The molecular weight excluding hydrogens is 336 g/mol. The second-order valence-electron chi connectivity index (χ2n) is 7.80. The molecule has 4 nitrogen and oxygen atoms in total. The highest BCUT2D eigenvalue weighted by molar-refractivity contribution is 5.27. The summed E-state index contributed by atoms with van der Waals surface area (Å²) in [7, 11) is 3.93. The lowest BCUT2D eigenvalue weighted by atomic mass is 9.96. The number of hydrogen-bond acceptors (Lipinski definition) is 4. The Morgan fingerprint density at radius 3 is 2.41 bits per heavy atom. The number of nitrogens with zero attached hydrogens (tertiary/aromatic N) is 2. The van der Waals surface area contributed by atoms with Gasteiger partial charge in [-0.25, -0.2) is 0 Å². The van der Waals surface area contributed by atoms with Crippen molar-refractivity contribution in [2.24, 2.45) is 5.92 Å². The van der Waals surface area contributed by atoms with Gasteiger partial charge in [-0.15, -0.1) is 0 Å². The summed E-state index contributed by atoms with van der Waals surface area (Å²) < 4.78 is 11.1. The van der Waals surface area contributed by atoms with E-state index in [1.165, 1.54) is 31.5 Å². The Hall–Kier alpha value is -1.78. The van der Waals surface area contributed by atoms with Gasteiger partial charge in [0.15, 0.2) is 0 Å². The molecule has 0 unspecified atom stereocenters. The Kier molecular flexibility index (Phi) is 7.36. The molecule has 0 aliphatic carbocycles. The highest BCUT2D eigenvalue weighted by Gasteiger charge is 2.20. The summed E-state index contributed by atoms with van der Waals surface area (Å²) in [4.78, 5) is 5.02. The van der Waals surface area contributed by atoms with Crippen molar-refractivity contribution in [2.45, 2.75) is 39.2 Å². The van der Waals surface area contributed by atoms with Crippen molar-refractivity contribution >= 4 is 0 Å². The predicted molar refractivity (Wildman–Crippen MR) is 110 cm³/mol. The van der Waals surface area contributed by atoms with E-state index >= 15 is 0 Å². The third-order valence-electron chi connectivity index (χ3n) is 5.64. The van der Waals surface area contributed by atoms with Crippen LogP contribution in [0, 0.1) is 5.92 Å². The maximum Gasteiger partial charge on any atom is 0.118 e. The molecule has 0 amide bonds. The van der Waals surface area contributed by atoms with E-state index in [1.807, 2.05) is 0 Å². The molecule has 1 fully saturated rings. The Morgan fingerprint density at radius 2 is 1.78 bits per heavy atom. The van der Waals surface area contributed by atoms with Gasteiger partial charge in [0.2, 0.25) is 0 Å². The molecule has 4 heteroatoms. The van der Waals surface area contributed by atoms with Crippen LogP contribution in [-0.2, 0) is 19.4 Å². The third-order valence-corrected chi connectivity index (χ3v) is 5.64. The molecule has 0 spiro atoms. The third kappa shape index (κ3) is 6.12. The number of hydrogen-bond donors (Lipinski definition) is 0. The van der Waals surface area contributed by atoms with Gasteiger partial charge < -0.3 is 14.1 Å². The van der Waals surface area contributed by atoms with E-state index < -0.39 is 0 Å². The van der Waals surface area contributed by atoms with Gasteiger partial charge in [0.25, 0.3) is 0 Å². The highest BCUT2D eigenvalue weighted by atomic mass is 16.5. The van der Waals surface area contributed by atoms with Crippen molar-refractivity contribution < 1.29 is 9.15 Å². The summed E-state index contributed by atoms with van der Waals surface area (Å²) in [6.07, 6.45) is 4.68. The van der Waals surface area contributed by atoms with Crippen molar-refractivity contribution in [3.8, 4) is 5.75 Å². The fourth-order valence-corrected chi connectivity index (χ4v) is 3.94. The van der Waals surface area contributed by atoms with E-state index in [-0.39, 0.29) is 0 Å². The number of rotatable bonds is 9. The average molecular weight is 371 g/mol. The van der Waals surface area contributed by atoms with Crippen LogP contribution in [0.2, 0.25) is 0 Å². The van der Waals surface area contributed by atoms with Gasteiger partial charge in [0, 0.05) is 19.5 Å². The number of methoxy groups -OCH3 is 1. The average Bonchev–Trinajstić information content (AvgIpc) is 3.15. The minimum absolute atomic E-state index is 0.799. The maximum atomic E-state index is 5.84. The fourth-order valence-electron chi connectivity index (χ4n) is 3.94. The van der Waals surface area contributed by atoms with Gasteiger partial charge in [-0.1, -0.05) is 19.1 Å². The first-order chi connectivity index (χ1) is 13.2. The zero-order chi connectivity index (χ0) is 19.1. The molecule has 2 heterocycles. The first kappa shape index (κ1) is 20.0. The van der Waals surface area contributed by atoms with Crippen LogP contribution in [0.3, 0.4) is 0 Å². The summed E-state index contributed by atoms with van der Waals surface area (Å²) in [5, 5.41) is 0. The molecule has 148 valence electrons. The molecule has 1 aromatic carbocycles. The number of piperidine rings is 1. The lowest BCUT2D eigenvalue weighted by molar-refractivity contribution is 0.150. The summed E-state index contributed by atoms with van der Waals surface area (Å²) in [5.74, 6) is 3.91. The quantitative estimate of drug-likeness (QED) is 0.660. The molecule has 2 aromatic rings. The number of ether oxygens (including phenoxy) is 1. The maximum absolute atomic E-state index is 5.84. The normalized spacial score (nSPS) is 16.1. The molecule has 1 aromatic heterocycles. The number of likely N-dealkylation sites (tertiary alicyclic amines) is 1. The van der Waals surface area contributed by atoms with E-state index in [4.69, 9.17) is 9.15 Å². The second-order valence-corrected chi connectivity index (χ2v) is 7.80. The van der Waals surface area contributed by atoms with E-state index in [0.717, 1.165) is 55.7 Å². The Balaban J connectivity index is 1.35. The van der Waals surface area contributed by atoms with Crippen LogP contribution in [-0.4, -0.2) is 50.1 Å². The van der Waals surface area contributed by atoms with Crippen molar-refractivity contribution in [3.05, 3.63) is 53.5 Å². The largest absolute Gasteiger partial charge is 0.497 e.